The number of hydrogen-bond acceptors (Lipinski definition) is 10. The predicted molar refractivity (Wildman–Crippen MR) is 115 cm³/mol. The molecule has 3 aromatic rings. The van der Waals surface area contributed by atoms with Crippen LogP contribution in [0.2, 0.25) is 0 Å². The molecular weight excluding hydrogens is 418 g/mol. The summed E-state index contributed by atoms with van der Waals surface area (Å²) in [5.41, 5.74) is 6.97. The Balaban J connectivity index is 1.73. The van der Waals surface area contributed by atoms with Crippen LogP contribution in [-0.4, -0.2) is 42.7 Å². The van der Waals surface area contributed by atoms with Crippen molar-refractivity contribution < 1.29 is 33.0 Å². The molecule has 3 rings (SSSR count). The topological polar surface area (TPSA) is 136 Å². The lowest BCUT2D eigenvalue weighted by Gasteiger charge is -2.07. The summed E-state index contributed by atoms with van der Waals surface area (Å²) in [4.78, 5) is 32.6. The van der Waals surface area contributed by atoms with Crippen molar-refractivity contribution in [3.8, 4) is 11.5 Å². The Kier molecular flexibility index (Phi) is 6.93. The maximum Gasteiger partial charge on any atom is 0.342 e. The smallest absolute Gasteiger partial charge is 0.342 e. The molecule has 0 atom stereocenters. The van der Waals surface area contributed by atoms with E-state index in [1.54, 1.807) is 45.2 Å². The molecule has 1 aromatic carbocycles. The summed E-state index contributed by atoms with van der Waals surface area (Å²) in [6.45, 7) is 3.26. The fourth-order valence-electron chi connectivity index (χ4n) is 2.99. The van der Waals surface area contributed by atoms with Crippen LogP contribution in [0.4, 0.5) is 5.82 Å². The third-order valence-corrected chi connectivity index (χ3v) is 4.46. The first-order valence-corrected chi connectivity index (χ1v) is 9.67. The molecule has 10 nitrogen and oxygen atoms in total. The number of nitrogens with zero attached hydrogens (tertiary/aromatic N) is 2. The van der Waals surface area contributed by atoms with Gasteiger partial charge in [0.25, 0.3) is 0 Å². The van der Waals surface area contributed by atoms with Gasteiger partial charge in [0.1, 0.15) is 28.6 Å². The number of hydrogen-bond donors (Lipinski definition) is 1. The molecule has 2 heterocycles. The van der Waals surface area contributed by atoms with Crippen LogP contribution in [0.1, 0.15) is 34.4 Å². The number of ether oxygens (including phenoxy) is 4. The van der Waals surface area contributed by atoms with Gasteiger partial charge in [-0.1, -0.05) is 0 Å². The molecule has 0 spiro atoms. The summed E-state index contributed by atoms with van der Waals surface area (Å²) >= 11 is 0. The lowest BCUT2D eigenvalue weighted by molar-refractivity contribution is -0.139. The lowest BCUT2D eigenvalue weighted by atomic mass is 10.2. The van der Waals surface area contributed by atoms with Crippen LogP contribution in [0.3, 0.4) is 0 Å². The quantitative estimate of drug-likeness (QED) is 0.410. The highest BCUT2D eigenvalue weighted by atomic mass is 16.5. The van der Waals surface area contributed by atoms with Crippen molar-refractivity contribution in [2.24, 2.45) is 0 Å². The van der Waals surface area contributed by atoms with Gasteiger partial charge in [0.15, 0.2) is 12.4 Å². The van der Waals surface area contributed by atoms with Crippen LogP contribution in [0.5, 0.6) is 11.5 Å². The zero-order chi connectivity index (χ0) is 23.3. The minimum absolute atomic E-state index is 0.0273. The molecule has 0 bridgehead atoms. The minimum atomic E-state index is -0.618. The van der Waals surface area contributed by atoms with Crippen molar-refractivity contribution >= 4 is 34.9 Å². The predicted octanol–water partition coefficient (Wildman–Crippen LogP) is 3.06. The van der Waals surface area contributed by atoms with E-state index in [1.165, 1.54) is 13.2 Å². The Hall–Kier alpha value is -4.08. The van der Waals surface area contributed by atoms with E-state index in [-0.39, 0.29) is 41.5 Å². The number of esters is 2. The average Bonchev–Trinajstić information content (AvgIpc) is 3.12. The Labute approximate surface area is 183 Å². The highest BCUT2D eigenvalue weighted by molar-refractivity contribution is 6.07. The number of aromatic nitrogens is 2. The summed E-state index contributed by atoms with van der Waals surface area (Å²) in [7, 11) is 3.07. The number of carbonyl (C=O) groups is 2. The second kappa shape index (κ2) is 9.82. The number of nitrogen functional groups attached to an aromatic ring is 1. The number of aryl methyl sites for hydroxylation is 1. The van der Waals surface area contributed by atoms with Gasteiger partial charge in [0, 0.05) is 17.7 Å². The maximum absolute atomic E-state index is 12.2. The van der Waals surface area contributed by atoms with Crippen molar-refractivity contribution in [1.29, 1.82) is 0 Å². The van der Waals surface area contributed by atoms with Crippen LogP contribution < -0.4 is 15.2 Å². The molecule has 0 fully saturated rings. The summed E-state index contributed by atoms with van der Waals surface area (Å²) in [5.74, 6) is 0.448. The standard InChI is InChI=1S/C22H23N3O7/c1-5-30-22(27)18-12(2)32-21-19(18)20(23)24-16(25-21)11-31-17(26)9-7-13-6-8-14(28-3)10-15(13)29-4/h6-10H,5,11H2,1-4H3,(H2,23,24,25)/b9-7+. The Bertz CT molecular complexity index is 1180. The first kappa shape index (κ1) is 22.6. The van der Waals surface area contributed by atoms with E-state index in [0.717, 1.165) is 0 Å². The van der Waals surface area contributed by atoms with E-state index in [9.17, 15) is 9.59 Å². The Morgan fingerprint density at radius 3 is 2.62 bits per heavy atom. The molecule has 0 aliphatic heterocycles. The number of benzene rings is 1. The van der Waals surface area contributed by atoms with E-state index in [2.05, 4.69) is 9.97 Å². The van der Waals surface area contributed by atoms with E-state index in [0.29, 0.717) is 22.8 Å². The molecule has 0 saturated carbocycles. The van der Waals surface area contributed by atoms with Gasteiger partial charge in [0.05, 0.1) is 26.2 Å². The van der Waals surface area contributed by atoms with Crippen molar-refractivity contribution in [1.82, 2.24) is 9.97 Å². The SMILES string of the molecule is CCOC(=O)c1c(C)oc2nc(COC(=O)/C=C/c3ccc(OC)cc3OC)nc(N)c12. The van der Waals surface area contributed by atoms with Gasteiger partial charge in [-0.2, -0.15) is 4.98 Å². The van der Waals surface area contributed by atoms with E-state index in [4.69, 9.17) is 29.1 Å². The second-order valence-electron chi connectivity index (χ2n) is 6.51. The van der Waals surface area contributed by atoms with E-state index in [1.807, 2.05) is 0 Å². The molecule has 168 valence electrons. The summed E-state index contributed by atoms with van der Waals surface area (Å²) in [5, 5.41) is 0.266. The first-order valence-electron chi connectivity index (χ1n) is 9.67. The maximum atomic E-state index is 12.2. The third kappa shape index (κ3) is 4.80. The van der Waals surface area contributed by atoms with Crippen LogP contribution in [-0.2, 0) is 20.9 Å². The van der Waals surface area contributed by atoms with E-state index >= 15 is 0 Å². The molecule has 32 heavy (non-hydrogen) atoms. The normalized spacial score (nSPS) is 11.0. The van der Waals surface area contributed by atoms with Crippen molar-refractivity contribution in [2.45, 2.75) is 20.5 Å². The van der Waals surface area contributed by atoms with Crippen LogP contribution in [0.25, 0.3) is 17.2 Å². The zero-order valence-electron chi connectivity index (χ0n) is 18.1. The van der Waals surface area contributed by atoms with Crippen molar-refractivity contribution in [3.05, 3.63) is 47.0 Å². The fraction of sp³-hybridized carbons (Fsp3) is 0.273. The van der Waals surface area contributed by atoms with Gasteiger partial charge < -0.3 is 29.1 Å². The highest BCUT2D eigenvalue weighted by Gasteiger charge is 2.24. The lowest BCUT2D eigenvalue weighted by Crippen LogP contribution is -2.09. The summed E-state index contributed by atoms with van der Waals surface area (Å²) in [6, 6.07) is 5.20. The largest absolute Gasteiger partial charge is 0.497 e. The number of fused-ring (bicyclic) bond motifs is 1. The van der Waals surface area contributed by atoms with Crippen molar-refractivity contribution in [2.75, 3.05) is 26.6 Å². The first-order chi connectivity index (χ1) is 15.4. The molecule has 2 aromatic heterocycles. The highest BCUT2D eigenvalue weighted by Crippen LogP contribution is 2.29. The van der Waals surface area contributed by atoms with Gasteiger partial charge in [-0.3, -0.25) is 0 Å². The molecule has 0 amide bonds. The van der Waals surface area contributed by atoms with E-state index < -0.39 is 11.9 Å². The molecular formula is C22H23N3O7. The average molecular weight is 441 g/mol. The number of methoxy groups -OCH3 is 2. The van der Waals surface area contributed by atoms with Gasteiger partial charge in [-0.05, 0) is 32.1 Å². The number of anilines is 1. The van der Waals surface area contributed by atoms with Gasteiger partial charge in [-0.25, -0.2) is 14.6 Å². The molecule has 0 aliphatic rings. The zero-order valence-corrected chi connectivity index (χ0v) is 18.1. The minimum Gasteiger partial charge on any atom is -0.497 e. The Morgan fingerprint density at radius 1 is 1.16 bits per heavy atom. The van der Waals surface area contributed by atoms with Gasteiger partial charge in [0.2, 0.25) is 5.71 Å². The Morgan fingerprint density at radius 2 is 1.94 bits per heavy atom. The number of rotatable bonds is 8. The number of nitrogens with two attached hydrogens (primary N) is 1. The van der Waals surface area contributed by atoms with Crippen LogP contribution >= 0.6 is 0 Å². The molecule has 2 N–H and O–H groups in total. The third-order valence-electron chi connectivity index (χ3n) is 4.46. The summed E-state index contributed by atoms with van der Waals surface area (Å²) < 4.78 is 26.2. The second-order valence-corrected chi connectivity index (χ2v) is 6.51. The monoisotopic (exact) mass is 441 g/mol. The van der Waals surface area contributed by atoms with Gasteiger partial charge >= 0.3 is 11.9 Å². The molecule has 0 unspecified atom stereocenters. The van der Waals surface area contributed by atoms with Crippen LogP contribution in [0, 0.1) is 6.92 Å². The molecule has 0 saturated heterocycles. The fourth-order valence-corrected chi connectivity index (χ4v) is 2.99. The van der Waals surface area contributed by atoms with Crippen LogP contribution in [0.15, 0.2) is 28.7 Å². The van der Waals surface area contributed by atoms with Crippen molar-refractivity contribution in [3.63, 3.8) is 0 Å². The van der Waals surface area contributed by atoms with Gasteiger partial charge in [-0.15, -0.1) is 0 Å². The number of furan rings is 1. The molecule has 0 aliphatic carbocycles. The summed E-state index contributed by atoms with van der Waals surface area (Å²) in [6.07, 6.45) is 2.81. The molecule has 0 radical (unpaired) electrons. The number of carbonyl (C=O) groups excluding carboxylic acids is 2. The molecule has 10 heteroatoms.